The van der Waals surface area contributed by atoms with Crippen LogP contribution in [0.25, 0.3) is 20.4 Å². The van der Waals surface area contributed by atoms with E-state index in [1.807, 2.05) is 0 Å². The third kappa shape index (κ3) is 3.66. The Hall–Kier alpha value is -1.42. The van der Waals surface area contributed by atoms with E-state index in [-0.39, 0.29) is 0 Å². The zero-order valence-corrected chi connectivity index (χ0v) is 17.2. The van der Waals surface area contributed by atoms with Gasteiger partial charge in [0, 0.05) is 13.1 Å². The summed E-state index contributed by atoms with van der Waals surface area (Å²) in [6.45, 7) is 3.18. The third-order valence-corrected chi connectivity index (χ3v) is 7.03. The van der Waals surface area contributed by atoms with Crippen molar-refractivity contribution in [3.8, 4) is 0 Å². The minimum Gasteiger partial charge on any atom is -0.310 e. The molecule has 0 aliphatic heterocycles. The van der Waals surface area contributed by atoms with Gasteiger partial charge in [-0.05, 0) is 48.7 Å². The van der Waals surface area contributed by atoms with Gasteiger partial charge < -0.3 is 9.13 Å². The van der Waals surface area contributed by atoms with Crippen LogP contribution in [0.4, 0.5) is 0 Å². The normalized spacial score (nSPS) is 11.5. The van der Waals surface area contributed by atoms with Crippen LogP contribution in [-0.4, -0.2) is 22.2 Å². The van der Waals surface area contributed by atoms with Gasteiger partial charge in [-0.25, -0.2) is 0 Å². The Labute approximate surface area is 169 Å². The number of nitrogens with one attached hydrogen (secondary N) is 2. The fraction of sp³-hybridized carbons (Fsp3) is 0.222. The average Bonchev–Trinajstić information content (AvgIpc) is 3.14. The Morgan fingerprint density at radius 1 is 0.692 bits per heavy atom. The molecule has 0 amide bonds. The van der Waals surface area contributed by atoms with E-state index in [1.54, 1.807) is 22.7 Å². The van der Waals surface area contributed by atoms with Crippen molar-refractivity contribution in [2.24, 2.45) is 0 Å². The Morgan fingerprint density at radius 3 is 1.58 bits per heavy atom. The zero-order valence-electron chi connectivity index (χ0n) is 14.0. The highest BCUT2D eigenvalue weighted by molar-refractivity contribution is 7.74. The average molecular weight is 419 g/mol. The van der Waals surface area contributed by atoms with Gasteiger partial charge in [0.2, 0.25) is 0 Å². The van der Waals surface area contributed by atoms with Crippen molar-refractivity contribution in [2.45, 2.75) is 13.3 Å². The molecule has 134 valence electrons. The minimum absolute atomic E-state index is 0.728. The highest BCUT2D eigenvalue weighted by Crippen LogP contribution is 2.23. The quantitative estimate of drug-likeness (QED) is 0.328. The summed E-state index contributed by atoms with van der Waals surface area (Å²) in [6.07, 6.45) is 0. The summed E-state index contributed by atoms with van der Waals surface area (Å²) in [5.74, 6) is 0. The number of para-hydroxylation sites is 2. The van der Waals surface area contributed by atoms with Gasteiger partial charge in [0.15, 0.2) is 7.91 Å². The topological polar surface area (TPSA) is 33.9 Å². The maximum absolute atomic E-state index is 5.48. The van der Waals surface area contributed by atoms with Crippen LogP contribution in [0, 0.1) is 7.91 Å². The van der Waals surface area contributed by atoms with E-state index in [0.29, 0.717) is 0 Å². The first-order valence-electron chi connectivity index (χ1n) is 8.32. The molecule has 8 heteroatoms. The monoisotopic (exact) mass is 418 g/mol. The van der Waals surface area contributed by atoms with Gasteiger partial charge in [-0.2, -0.15) is 0 Å². The highest BCUT2D eigenvalue weighted by Gasteiger charge is 2.04. The Balaban J connectivity index is 1.30. The maximum atomic E-state index is 5.48. The van der Waals surface area contributed by atoms with Gasteiger partial charge in [-0.15, -0.1) is 22.7 Å². The van der Waals surface area contributed by atoms with E-state index in [9.17, 15) is 0 Å². The van der Waals surface area contributed by atoms with Gasteiger partial charge in [0.05, 0.1) is 33.8 Å². The number of hydrogen-bond acceptors (Lipinski definition) is 6. The molecule has 0 radical (unpaired) electrons. The predicted octanol–water partition coefficient (Wildman–Crippen LogP) is 4.97. The standard InChI is InChI=1S/C18H18N4S4/c23-17-21(13-5-1-3-7-15(13)25-17)11-19-9-10-20-12-22-14-6-2-4-8-16(14)26-18(22)24/h1-8,19-20H,9-12H2. The number of rotatable bonds is 7. The fourth-order valence-electron chi connectivity index (χ4n) is 2.89. The van der Waals surface area contributed by atoms with Crippen LogP contribution < -0.4 is 10.6 Å². The molecule has 0 bridgehead atoms. The highest BCUT2D eigenvalue weighted by atomic mass is 32.2. The summed E-state index contributed by atoms with van der Waals surface area (Å²) >= 11 is 14.3. The van der Waals surface area contributed by atoms with Crippen molar-refractivity contribution < 1.29 is 0 Å². The summed E-state index contributed by atoms with van der Waals surface area (Å²) in [6, 6.07) is 16.7. The second kappa shape index (κ2) is 8.08. The van der Waals surface area contributed by atoms with E-state index in [0.717, 1.165) is 34.3 Å². The van der Waals surface area contributed by atoms with Crippen molar-refractivity contribution in [1.82, 2.24) is 19.8 Å². The largest absolute Gasteiger partial charge is 0.310 e. The molecule has 0 fully saturated rings. The zero-order chi connectivity index (χ0) is 17.9. The number of fused-ring (bicyclic) bond motifs is 2. The van der Waals surface area contributed by atoms with Gasteiger partial charge in [-0.1, -0.05) is 24.3 Å². The first-order chi connectivity index (χ1) is 12.7. The van der Waals surface area contributed by atoms with Crippen LogP contribution in [0.15, 0.2) is 48.5 Å². The lowest BCUT2D eigenvalue weighted by Gasteiger charge is -2.10. The van der Waals surface area contributed by atoms with E-state index in [1.165, 1.54) is 20.4 Å². The molecule has 2 heterocycles. The second-order valence-corrected chi connectivity index (χ2v) is 9.20. The molecule has 0 spiro atoms. The van der Waals surface area contributed by atoms with Crippen LogP contribution in [0.5, 0.6) is 0 Å². The van der Waals surface area contributed by atoms with Crippen LogP contribution in [0.3, 0.4) is 0 Å². The van der Waals surface area contributed by atoms with Crippen molar-refractivity contribution in [1.29, 1.82) is 0 Å². The number of aromatic nitrogens is 2. The summed E-state index contributed by atoms with van der Waals surface area (Å²) in [5.41, 5.74) is 2.39. The van der Waals surface area contributed by atoms with Crippen molar-refractivity contribution in [2.75, 3.05) is 13.1 Å². The van der Waals surface area contributed by atoms with E-state index < -0.39 is 0 Å². The Morgan fingerprint density at radius 2 is 1.12 bits per heavy atom. The molecule has 0 aliphatic carbocycles. The van der Waals surface area contributed by atoms with Crippen LogP contribution in [0.2, 0.25) is 0 Å². The number of benzene rings is 2. The number of nitrogens with zero attached hydrogens (tertiary/aromatic N) is 2. The van der Waals surface area contributed by atoms with Crippen LogP contribution in [-0.2, 0) is 13.3 Å². The van der Waals surface area contributed by atoms with Gasteiger partial charge in [0.1, 0.15) is 0 Å². The summed E-state index contributed by atoms with van der Waals surface area (Å²) in [5, 5.41) is 6.92. The third-order valence-electron chi connectivity index (χ3n) is 4.17. The molecule has 2 N–H and O–H groups in total. The lowest BCUT2D eigenvalue weighted by Crippen LogP contribution is -2.30. The van der Waals surface area contributed by atoms with Crippen molar-refractivity contribution in [3.63, 3.8) is 0 Å². The first-order valence-corrected chi connectivity index (χ1v) is 10.8. The van der Waals surface area contributed by atoms with Gasteiger partial charge in [-0.3, -0.25) is 10.6 Å². The van der Waals surface area contributed by atoms with E-state index in [4.69, 9.17) is 24.4 Å². The molecule has 0 atom stereocenters. The minimum atomic E-state index is 0.728. The molecular formula is C18H18N4S4. The molecule has 0 saturated heterocycles. The second-order valence-electron chi connectivity index (χ2n) is 5.84. The number of hydrogen-bond donors (Lipinski definition) is 2. The molecule has 0 unspecified atom stereocenters. The maximum Gasteiger partial charge on any atom is 0.163 e. The predicted molar refractivity (Wildman–Crippen MR) is 117 cm³/mol. The lowest BCUT2D eigenvalue weighted by molar-refractivity contribution is 0.512. The smallest absolute Gasteiger partial charge is 0.163 e. The fourth-order valence-corrected chi connectivity index (χ4v) is 5.53. The molecule has 2 aromatic carbocycles. The molecule has 26 heavy (non-hydrogen) atoms. The Bertz CT molecular complexity index is 1060. The summed E-state index contributed by atoms with van der Waals surface area (Å²) in [4.78, 5) is 0. The molecule has 4 rings (SSSR count). The van der Waals surface area contributed by atoms with Gasteiger partial charge >= 0.3 is 0 Å². The first kappa shape index (κ1) is 18.0. The summed E-state index contributed by atoms with van der Waals surface area (Å²) < 4.78 is 8.58. The van der Waals surface area contributed by atoms with Gasteiger partial charge in [0.25, 0.3) is 0 Å². The molecule has 4 nitrogen and oxygen atoms in total. The Kier molecular flexibility index (Phi) is 5.58. The lowest BCUT2D eigenvalue weighted by atomic mass is 10.3. The van der Waals surface area contributed by atoms with Crippen LogP contribution >= 0.6 is 47.1 Å². The molecular weight excluding hydrogens is 400 g/mol. The van der Waals surface area contributed by atoms with Crippen LogP contribution in [0.1, 0.15) is 0 Å². The van der Waals surface area contributed by atoms with E-state index >= 15 is 0 Å². The van der Waals surface area contributed by atoms with Crippen molar-refractivity contribution in [3.05, 3.63) is 56.4 Å². The molecule has 0 saturated carbocycles. The summed E-state index contributed by atoms with van der Waals surface area (Å²) in [7, 11) is 0. The van der Waals surface area contributed by atoms with Crippen molar-refractivity contribution >= 4 is 67.5 Å². The molecule has 0 aliphatic rings. The number of thiazole rings is 2. The van der Waals surface area contributed by atoms with E-state index in [2.05, 4.69) is 68.3 Å². The SMILES string of the molecule is S=c1sc2ccccc2n1CNCCNCn1c(=S)sc2ccccc21. The molecule has 2 aromatic heterocycles. The molecule has 4 aromatic rings.